The Morgan fingerprint density at radius 1 is 1.11 bits per heavy atom. The van der Waals surface area contributed by atoms with Crippen molar-refractivity contribution in [1.82, 2.24) is 14.8 Å². The van der Waals surface area contributed by atoms with Gasteiger partial charge >= 0.3 is 0 Å². The van der Waals surface area contributed by atoms with Crippen molar-refractivity contribution in [2.24, 2.45) is 5.92 Å². The lowest BCUT2D eigenvalue weighted by Gasteiger charge is -2.51. The summed E-state index contributed by atoms with van der Waals surface area (Å²) in [5.41, 5.74) is 1.68. The lowest BCUT2D eigenvalue weighted by molar-refractivity contribution is -0.00379. The molecule has 4 saturated heterocycles. The van der Waals surface area contributed by atoms with Crippen molar-refractivity contribution in [3.8, 4) is 0 Å². The second-order valence-corrected chi connectivity index (χ2v) is 8.23. The number of piperidine rings is 3. The minimum absolute atomic E-state index is 0.0315. The van der Waals surface area contributed by atoms with Gasteiger partial charge in [0.15, 0.2) is 11.6 Å². The molecule has 0 saturated carbocycles. The van der Waals surface area contributed by atoms with E-state index in [9.17, 15) is 13.6 Å². The average molecular weight is 383 g/mol. The van der Waals surface area contributed by atoms with Crippen molar-refractivity contribution in [2.75, 3.05) is 19.6 Å². The number of amides is 1. The van der Waals surface area contributed by atoms with Crippen LogP contribution in [0.3, 0.4) is 0 Å². The molecule has 1 aromatic heterocycles. The fourth-order valence-corrected chi connectivity index (χ4v) is 5.58. The summed E-state index contributed by atoms with van der Waals surface area (Å²) in [6, 6.07) is 8.15. The van der Waals surface area contributed by atoms with Crippen LogP contribution in [0.5, 0.6) is 0 Å². The summed E-state index contributed by atoms with van der Waals surface area (Å²) in [6.45, 7) is 4.21. The Morgan fingerprint density at radius 2 is 1.89 bits per heavy atom. The molecule has 6 rings (SSSR count). The number of fused-ring (bicyclic) bond motifs is 2. The van der Waals surface area contributed by atoms with E-state index in [1.807, 2.05) is 24.0 Å². The third-order valence-electron chi connectivity index (χ3n) is 6.85. The number of carbonyl (C=O) groups excluding carboxylic acids is 1. The van der Waals surface area contributed by atoms with E-state index in [1.54, 1.807) is 18.3 Å². The number of hydrogen-bond acceptors (Lipinski definition) is 3. The quantitative estimate of drug-likeness (QED) is 0.798. The number of benzene rings is 1. The van der Waals surface area contributed by atoms with Crippen molar-refractivity contribution >= 4 is 5.91 Å². The summed E-state index contributed by atoms with van der Waals surface area (Å²) < 4.78 is 28.6. The van der Waals surface area contributed by atoms with Crippen LogP contribution in [-0.4, -0.2) is 52.4 Å². The van der Waals surface area contributed by atoms with Crippen molar-refractivity contribution in [2.45, 2.75) is 37.8 Å². The highest BCUT2D eigenvalue weighted by Gasteiger charge is 2.55. The molecule has 5 heterocycles. The molecule has 6 heteroatoms. The van der Waals surface area contributed by atoms with Crippen LogP contribution in [-0.2, 0) is 0 Å². The zero-order chi connectivity index (χ0) is 19.4. The number of nitrogens with zero attached hydrogens (tertiary/aromatic N) is 3. The number of pyridine rings is 1. The van der Waals surface area contributed by atoms with Crippen molar-refractivity contribution < 1.29 is 13.6 Å². The summed E-state index contributed by atoms with van der Waals surface area (Å²) in [4.78, 5) is 22.0. The maximum atomic E-state index is 14.7. The SMILES string of the molecule is Cc1cccnc1C(=O)N1C[C@H](c2cccc(F)c2F)[C@@H]2[C@H]1C1CCN2CC1. The molecule has 0 unspecified atom stereocenters. The fourth-order valence-electron chi connectivity index (χ4n) is 5.58. The van der Waals surface area contributed by atoms with Gasteiger partial charge in [0, 0.05) is 24.7 Å². The van der Waals surface area contributed by atoms with Gasteiger partial charge in [0.1, 0.15) is 5.69 Å². The van der Waals surface area contributed by atoms with E-state index in [1.165, 1.54) is 0 Å². The molecule has 28 heavy (non-hydrogen) atoms. The van der Waals surface area contributed by atoms with Gasteiger partial charge in [-0.25, -0.2) is 8.78 Å². The molecule has 4 fully saturated rings. The summed E-state index contributed by atoms with van der Waals surface area (Å²) in [5, 5.41) is 0. The molecular formula is C22H23F2N3O. The molecule has 0 radical (unpaired) electrons. The minimum atomic E-state index is -0.824. The van der Waals surface area contributed by atoms with E-state index < -0.39 is 11.6 Å². The highest BCUT2D eigenvalue weighted by molar-refractivity contribution is 5.94. The van der Waals surface area contributed by atoms with Gasteiger partial charge in [0.05, 0.1) is 6.04 Å². The molecule has 4 nitrogen and oxygen atoms in total. The van der Waals surface area contributed by atoms with Crippen LogP contribution >= 0.6 is 0 Å². The molecule has 146 valence electrons. The number of rotatable bonds is 2. The van der Waals surface area contributed by atoms with Crippen molar-refractivity contribution in [3.05, 3.63) is 65.0 Å². The van der Waals surface area contributed by atoms with E-state index in [-0.39, 0.29) is 23.9 Å². The molecule has 3 atom stereocenters. The molecular weight excluding hydrogens is 360 g/mol. The Labute approximate surface area is 163 Å². The second-order valence-electron chi connectivity index (χ2n) is 8.23. The highest BCUT2D eigenvalue weighted by atomic mass is 19.2. The van der Waals surface area contributed by atoms with Gasteiger partial charge in [0.2, 0.25) is 0 Å². The Morgan fingerprint density at radius 3 is 2.64 bits per heavy atom. The first kappa shape index (κ1) is 17.7. The molecule has 2 bridgehead atoms. The Balaban J connectivity index is 1.57. The van der Waals surface area contributed by atoms with Crippen LogP contribution in [0.25, 0.3) is 0 Å². The van der Waals surface area contributed by atoms with Crippen LogP contribution in [0.2, 0.25) is 0 Å². The molecule has 0 spiro atoms. The topological polar surface area (TPSA) is 36.4 Å². The zero-order valence-electron chi connectivity index (χ0n) is 15.8. The van der Waals surface area contributed by atoms with E-state index in [2.05, 4.69) is 9.88 Å². The molecule has 1 amide bonds. The van der Waals surface area contributed by atoms with E-state index in [4.69, 9.17) is 0 Å². The first-order valence-corrected chi connectivity index (χ1v) is 9.97. The van der Waals surface area contributed by atoms with Crippen LogP contribution < -0.4 is 0 Å². The monoisotopic (exact) mass is 383 g/mol. The van der Waals surface area contributed by atoms with Gasteiger partial charge in [-0.3, -0.25) is 14.7 Å². The molecule has 0 N–H and O–H groups in total. The Kier molecular flexibility index (Phi) is 4.19. The van der Waals surface area contributed by atoms with Crippen LogP contribution in [0, 0.1) is 24.5 Å². The summed E-state index contributed by atoms with van der Waals surface area (Å²) >= 11 is 0. The maximum absolute atomic E-state index is 14.7. The predicted octanol–water partition coefficient (Wildman–Crippen LogP) is 3.37. The van der Waals surface area contributed by atoms with E-state index in [0.29, 0.717) is 23.7 Å². The Bertz CT molecular complexity index is 926. The summed E-state index contributed by atoms with van der Waals surface area (Å²) in [5.74, 6) is -1.52. The summed E-state index contributed by atoms with van der Waals surface area (Å²) in [7, 11) is 0. The molecule has 1 aromatic carbocycles. The standard InChI is InChI=1S/C22H23F2N3O/c1-13-4-3-9-25-19(13)22(28)27-12-16(15-5-2-6-17(23)18(15)24)21-20(27)14-7-10-26(21)11-8-14/h2-6,9,14,16,20-21H,7-8,10-12H2,1H3/t16-,20-,21-/m1/s1. The molecule has 4 aliphatic heterocycles. The largest absolute Gasteiger partial charge is 0.332 e. The highest BCUT2D eigenvalue weighted by Crippen LogP contribution is 2.47. The lowest BCUT2D eigenvalue weighted by atomic mass is 9.75. The number of carbonyl (C=O) groups is 1. The first-order chi connectivity index (χ1) is 13.6. The summed E-state index contributed by atoms with van der Waals surface area (Å²) in [6.07, 6.45) is 3.73. The molecule has 4 aliphatic rings. The smallest absolute Gasteiger partial charge is 0.273 e. The molecule has 2 aromatic rings. The fraction of sp³-hybridized carbons (Fsp3) is 0.455. The van der Waals surface area contributed by atoms with Gasteiger partial charge in [-0.1, -0.05) is 18.2 Å². The molecule has 0 aliphatic carbocycles. The maximum Gasteiger partial charge on any atom is 0.273 e. The normalized spacial score (nSPS) is 31.1. The third kappa shape index (κ3) is 2.58. The first-order valence-electron chi connectivity index (χ1n) is 9.97. The average Bonchev–Trinajstić information content (AvgIpc) is 3.13. The zero-order valence-corrected chi connectivity index (χ0v) is 15.8. The Hall–Kier alpha value is -2.34. The minimum Gasteiger partial charge on any atom is -0.332 e. The van der Waals surface area contributed by atoms with Gasteiger partial charge in [-0.15, -0.1) is 0 Å². The number of hydrogen-bond donors (Lipinski definition) is 0. The van der Waals surface area contributed by atoms with Gasteiger partial charge in [-0.2, -0.15) is 0 Å². The number of likely N-dealkylation sites (tertiary alicyclic amines) is 1. The number of aromatic nitrogens is 1. The third-order valence-corrected chi connectivity index (χ3v) is 6.85. The van der Waals surface area contributed by atoms with E-state index >= 15 is 0 Å². The number of aryl methyl sites for hydroxylation is 1. The van der Waals surface area contributed by atoms with Crippen LogP contribution in [0.1, 0.15) is 40.4 Å². The van der Waals surface area contributed by atoms with E-state index in [0.717, 1.165) is 37.6 Å². The second kappa shape index (κ2) is 6.62. The van der Waals surface area contributed by atoms with Crippen molar-refractivity contribution in [3.63, 3.8) is 0 Å². The van der Waals surface area contributed by atoms with Gasteiger partial charge in [0.25, 0.3) is 5.91 Å². The van der Waals surface area contributed by atoms with Crippen LogP contribution in [0.15, 0.2) is 36.5 Å². The van der Waals surface area contributed by atoms with Crippen molar-refractivity contribution in [1.29, 1.82) is 0 Å². The van der Waals surface area contributed by atoms with Gasteiger partial charge in [-0.05, 0) is 62.0 Å². The predicted molar refractivity (Wildman–Crippen MR) is 101 cm³/mol. The number of halogens is 2. The van der Waals surface area contributed by atoms with Crippen LogP contribution in [0.4, 0.5) is 8.78 Å². The lowest BCUT2D eigenvalue weighted by Crippen LogP contribution is -2.60. The van der Waals surface area contributed by atoms with Gasteiger partial charge < -0.3 is 4.90 Å².